The highest BCUT2D eigenvalue weighted by Crippen LogP contribution is 2.22. The summed E-state index contributed by atoms with van der Waals surface area (Å²) >= 11 is 0. The van der Waals surface area contributed by atoms with Crippen molar-refractivity contribution < 1.29 is 14.3 Å². The molecular formula is C14H20O3. The van der Waals surface area contributed by atoms with Gasteiger partial charge in [-0.05, 0) is 50.5 Å². The second kappa shape index (κ2) is 6.28. The van der Waals surface area contributed by atoms with Crippen LogP contribution in [0.1, 0.15) is 41.8 Å². The van der Waals surface area contributed by atoms with Gasteiger partial charge in [0.25, 0.3) is 0 Å². The lowest BCUT2D eigenvalue weighted by molar-refractivity contribution is 0.0524. The first kappa shape index (κ1) is 13.6. The van der Waals surface area contributed by atoms with E-state index in [1.165, 1.54) is 0 Å². The normalized spacial score (nSPS) is 10.1. The number of carbonyl (C=O) groups is 1. The number of aryl methyl sites for hydroxylation is 2. The Morgan fingerprint density at radius 1 is 1.18 bits per heavy atom. The van der Waals surface area contributed by atoms with Crippen LogP contribution in [0.25, 0.3) is 0 Å². The number of benzene rings is 1. The lowest BCUT2D eigenvalue weighted by Crippen LogP contribution is -2.09. The van der Waals surface area contributed by atoms with E-state index in [2.05, 4.69) is 6.92 Å². The van der Waals surface area contributed by atoms with Gasteiger partial charge in [-0.2, -0.15) is 0 Å². The van der Waals surface area contributed by atoms with Gasteiger partial charge in [-0.15, -0.1) is 0 Å². The van der Waals surface area contributed by atoms with E-state index in [0.717, 1.165) is 23.3 Å². The molecule has 0 aliphatic rings. The summed E-state index contributed by atoms with van der Waals surface area (Å²) < 4.78 is 10.6. The minimum Gasteiger partial charge on any atom is -0.494 e. The number of hydrogen-bond donors (Lipinski definition) is 0. The molecule has 0 aliphatic heterocycles. The van der Waals surface area contributed by atoms with E-state index in [9.17, 15) is 4.79 Å². The third kappa shape index (κ3) is 3.48. The van der Waals surface area contributed by atoms with Crippen molar-refractivity contribution in [3.63, 3.8) is 0 Å². The van der Waals surface area contributed by atoms with Gasteiger partial charge in [0.15, 0.2) is 0 Å². The average molecular weight is 236 g/mol. The highest BCUT2D eigenvalue weighted by molar-refractivity contribution is 5.92. The van der Waals surface area contributed by atoms with Crippen molar-refractivity contribution in [3.8, 4) is 5.75 Å². The Kier molecular flexibility index (Phi) is 5.01. The highest BCUT2D eigenvalue weighted by atomic mass is 16.5. The molecule has 0 amide bonds. The van der Waals surface area contributed by atoms with E-state index in [0.29, 0.717) is 18.8 Å². The summed E-state index contributed by atoms with van der Waals surface area (Å²) in [6, 6.07) is 3.77. The second-order valence-electron chi connectivity index (χ2n) is 4.00. The molecule has 0 spiro atoms. The monoisotopic (exact) mass is 236 g/mol. The zero-order valence-corrected chi connectivity index (χ0v) is 11.0. The largest absolute Gasteiger partial charge is 0.494 e. The van der Waals surface area contributed by atoms with Gasteiger partial charge >= 0.3 is 5.97 Å². The molecule has 0 saturated carbocycles. The van der Waals surface area contributed by atoms with Crippen molar-refractivity contribution in [3.05, 3.63) is 28.8 Å². The molecule has 0 bridgehead atoms. The zero-order chi connectivity index (χ0) is 12.8. The Morgan fingerprint density at radius 3 is 2.24 bits per heavy atom. The molecule has 1 rings (SSSR count). The maximum Gasteiger partial charge on any atom is 0.338 e. The Labute approximate surface area is 103 Å². The van der Waals surface area contributed by atoms with Gasteiger partial charge in [0.2, 0.25) is 0 Å². The van der Waals surface area contributed by atoms with Gasteiger partial charge in [-0.1, -0.05) is 6.92 Å². The summed E-state index contributed by atoms with van der Waals surface area (Å²) in [5, 5.41) is 0. The molecule has 0 atom stereocenters. The van der Waals surface area contributed by atoms with Crippen LogP contribution in [0.2, 0.25) is 0 Å². The molecule has 0 saturated heterocycles. The summed E-state index contributed by atoms with van der Waals surface area (Å²) in [6.45, 7) is 8.76. The third-order valence-corrected chi connectivity index (χ3v) is 2.46. The maximum absolute atomic E-state index is 11.7. The summed E-state index contributed by atoms with van der Waals surface area (Å²) in [4.78, 5) is 11.7. The first-order valence-electron chi connectivity index (χ1n) is 6.01. The Hall–Kier alpha value is -1.51. The zero-order valence-electron chi connectivity index (χ0n) is 11.0. The van der Waals surface area contributed by atoms with Gasteiger partial charge in [0.1, 0.15) is 5.75 Å². The first-order valence-corrected chi connectivity index (χ1v) is 6.01. The van der Waals surface area contributed by atoms with Gasteiger partial charge in [0.05, 0.1) is 18.8 Å². The Bertz CT molecular complexity index is 373. The predicted octanol–water partition coefficient (Wildman–Crippen LogP) is 3.27. The number of esters is 1. The summed E-state index contributed by atoms with van der Waals surface area (Å²) in [6.07, 6.45) is 0.970. The molecular weight excluding hydrogens is 216 g/mol. The van der Waals surface area contributed by atoms with Crippen LogP contribution in [0.3, 0.4) is 0 Å². The van der Waals surface area contributed by atoms with E-state index in [1.54, 1.807) is 6.92 Å². The summed E-state index contributed by atoms with van der Waals surface area (Å²) in [5.41, 5.74) is 2.44. The molecule has 0 N–H and O–H groups in total. The van der Waals surface area contributed by atoms with Crippen molar-refractivity contribution in [2.75, 3.05) is 13.2 Å². The fraction of sp³-hybridized carbons (Fsp3) is 0.500. The number of carbonyl (C=O) groups excluding carboxylic acids is 1. The van der Waals surface area contributed by atoms with Crippen molar-refractivity contribution in [2.45, 2.75) is 34.1 Å². The molecule has 0 heterocycles. The molecule has 0 radical (unpaired) electrons. The van der Waals surface area contributed by atoms with Crippen molar-refractivity contribution in [1.29, 1.82) is 0 Å². The quantitative estimate of drug-likeness (QED) is 0.736. The van der Waals surface area contributed by atoms with Crippen LogP contribution in [0.5, 0.6) is 5.75 Å². The molecule has 0 unspecified atom stereocenters. The maximum atomic E-state index is 11.7. The molecule has 3 heteroatoms. The van der Waals surface area contributed by atoms with E-state index in [4.69, 9.17) is 9.47 Å². The van der Waals surface area contributed by atoms with E-state index < -0.39 is 0 Å². The topological polar surface area (TPSA) is 35.5 Å². The fourth-order valence-electron chi connectivity index (χ4n) is 1.75. The molecule has 0 fully saturated rings. The van der Waals surface area contributed by atoms with Crippen LogP contribution in [0, 0.1) is 13.8 Å². The molecule has 1 aromatic rings. The smallest absolute Gasteiger partial charge is 0.338 e. The minimum absolute atomic E-state index is 0.260. The molecule has 94 valence electrons. The number of rotatable bonds is 5. The molecule has 17 heavy (non-hydrogen) atoms. The third-order valence-electron chi connectivity index (χ3n) is 2.46. The van der Waals surface area contributed by atoms with Crippen molar-refractivity contribution in [2.24, 2.45) is 0 Å². The van der Waals surface area contributed by atoms with E-state index in [1.807, 2.05) is 26.0 Å². The first-order chi connectivity index (χ1) is 8.10. The van der Waals surface area contributed by atoms with Gasteiger partial charge in [-0.3, -0.25) is 0 Å². The highest BCUT2D eigenvalue weighted by Gasteiger charge is 2.14. The van der Waals surface area contributed by atoms with Crippen LogP contribution in [0.15, 0.2) is 12.1 Å². The molecule has 1 aromatic carbocycles. The summed E-state index contributed by atoms with van der Waals surface area (Å²) in [5.74, 6) is 0.555. The molecule has 0 aliphatic carbocycles. The van der Waals surface area contributed by atoms with Gasteiger partial charge in [-0.25, -0.2) is 4.79 Å². The van der Waals surface area contributed by atoms with Crippen LogP contribution in [-0.2, 0) is 4.74 Å². The lowest BCUT2D eigenvalue weighted by Gasteiger charge is -2.12. The lowest BCUT2D eigenvalue weighted by atomic mass is 10.0. The van der Waals surface area contributed by atoms with Gasteiger partial charge in [0, 0.05) is 0 Å². The van der Waals surface area contributed by atoms with Crippen LogP contribution in [-0.4, -0.2) is 19.2 Å². The van der Waals surface area contributed by atoms with Crippen molar-refractivity contribution in [1.82, 2.24) is 0 Å². The minimum atomic E-state index is -0.260. The summed E-state index contributed by atoms with van der Waals surface area (Å²) in [7, 11) is 0. The Morgan fingerprint density at radius 2 is 1.76 bits per heavy atom. The second-order valence-corrected chi connectivity index (χ2v) is 4.00. The average Bonchev–Trinajstić information content (AvgIpc) is 2.25. The number of hydrogen-bond acceptors (Lipinski definition) is 3. The molecule has 3 nitrogen and oxygen atoms in total. The van der Waals surface area contributed by atoms with Crippen molar-refractivity contribution >= 4 is 5.97 Å². The van der Waals surface area contributed by atoms with Crippen LogP contribution < -0.4 is 4.74 Å². The standard InChI is InChI=1S/C14H20O3/c1-5-7-17-12-8-10(3)13(11(4)9-12)14(15)16-6-2/h8-9H,5-7H2,1-4H3. The van der Waals surface area contributed by atoms with Gasteiger partial charge < -0.3 is 9.47 Å². The van der Waals surface area contributed by atoms with Crippen LogP contribution >= 0.6 is 0 Å². The molecule has 0 aromatic heterocycles. The fourth-order valence-corrected chi connectivity index (χ4v) is 1.75. The number of ether oxygens (including phenoxy) is 2. The van der Waals surface area contributed by atoms with E-state index >= 15 is 0 Å². The van der Waals surface area contributed by atoms with E-state index in [-0.39, 0.29) is 5.97 Å². The van der Waals surface area contributed by atoms with Crippen LogP contribution in [0.4, 0.5) is 0 Å². The SMILES string of the molecule is CCCOc1cc(C)c(C(=O)OCC)c(C)c1. The predicted molar refractivity (Wildman–Crippen MR) is 67.7 cm³/mol. The Balaban J connectivity index is 2.97.